The molecule has 0 aromatic carbocycles. The van der Waals surface area contributed by atoms with Crippen molar-refractivity contribution in [3.05, 3.63) is 53.1 Å². The fraction of sp³-hybridized carbons (Fsp3) is 0.154. The van der Waals surface area contributed by atoms with E-state index < -0.39 is 5.97 Å². The summed E-state index contributed by atoms with van der Waals surface area (Å²) >= 11 is 0. The van der Waals surface area contributed by atoms with Crippen LogP contribution in [0.5, 0.6) is 0 Å². The Morgan fingerprint density at radius 2 is 1.94 bits per heavy atom. The minimum absolute atomic E-state index is 0.198. The van der Waals surface area contributed by atoms with Crippen LogP contribution < -0.4 is 0 Å². The van der Waals surface area contributed by atoms with Gasteiger partial charge in [0.15, 0.2) is 0 Å². The Hall–Kier alpha value is -2.43. The first-order valence-corrected chi connectivity index (χ1v) is 5.37. The van der Waals surface area contributed by atoms with Gasteiger partial charge in [0.25, 0.3) is 0 Å². The van der Waals surface area contributed by atoms with Crippen molar-refractivity contribution < 1.29 is 14.3 Å². The van der Waals surface area contributed by atoms with Crippen LogP contribution in [0.15, 0.2) is 30.5 Å². The summed E-state index contributed by atoms with van der Waals surface area (Å²) in [5, 5.41) is 0. The van der Waals surface area contributed by atoms with Gasteiger partial charge in [-0.2, -0.15) is 0 Å². The standard InChI is InChI=1S/C13H12N2O3/c1-8-9(4-3-7-14-8)12(16)10-5-6-11(15-10)13(17)18-2/h3-7,15H,1-2H3. The van der Waals surface area contributed by atoms with Crippen molar-refractivity contribution in [2.75, 3.05) is 7.11 Å². The van der Waals surface area contributed by atoms with Gasteiger partial charge in [-0.1, -0.05) is 0 Å². The number of carbonyl (C=O) groups is 2. The van der Waals surface area contributed by atoms with Crippen LogP contribution in [-0.4, -0.2) is 28.8 Å². The maximum atomic E-state index is 12.2. The number of carbonyl (C=O) groups excluding carboxylic acids is 2. The maximum Gasteiger partial charge on any atom is 0.354 e. The molecule has 0 bridgehead atoms. The molecule has 5 nitrogen and oxygen atoms in total. The number of hydrogen-bond acceptors (Lipinski definition) is 4. The molecule has 0 amide bonds. The monoisotopic (exact) mass is 244 g/mol. The Morgan fingerprint density at radius 1 is 1.22 bits per heavy atom. The molecule has 0 aliphatic heterocycles. The molecular formula is C13H12N2O3. The molecule has 1 N–H and O–H groups in total. The Kier molecular flexibility index (Phi) is 3.23. The smallest absolute Gasteiger partial charge is 0.354 e. The molecule has 0 saturated heterocycles. The molecule has 2 aromatic rings. The van der Waals surface area contributed by atoms with E-state index in [1.165, 1.54) is 13.2 Å². The fourth-order valence-electron chi connectivity index (χ4n) is 1.63. The van der Waals surface area contributed by atoms with E-state index in [1.54, 1.807) is 31.3 Å². The minimum Gasteiger partial charge on any atom is -0.464 e. The second-order valence-corrected chi connectivity index (χ2v) is 3.74. The maximum absolute atomic E-state index is 12.2. The summed E-state index contributed by atoms with van der Waals surface area (Å²) in [5.41, 5.74) is 1.75. The zero-order valence-corrected chi connectivity index (χ0v) is 10.1. The van der Waals surface area contributed by atoms with E-state index in [0.717, 1.165) is 0 Å². The third-order valence-corrected chi connectivity index (χ3v) is 2.59. The van der Waals surface area contributed by atoms with Crippen molar-refractivity contribution in [3.8, 4) is 0 Å². The lowest BCUT2D eigenvalue weighted by molar-refractivity contribution is 0.0595. The molecule has 2 heterocycles. The molecule has 5 heteroatoms. The van der Waals surface area contributed by atoms with E-state index in [0.29, 0.717) is 17.0 Å². The van der Waals surface area contributed by atoms with Crippen molar-refractivity contribution >= 4 is 11.8 Å². The summed E-state index contributed by atoms with van der Waals surface area (Å²) in [6.07, 6.45) is 1.63. The minimum atomic E-state index is -0.503. The number of rotatable bonds is 3. The number of methoxy groups -OCH3 is 1. The van der Waals surface area contributed by atoms with Crippen molar-refractivity contribution in [1.82, 2.24) is 9.97 Å². The Balaban J connectivity index is 2.33. The summed E-state index contributed by atoms with van der Waals surface area (Å²) in [5.74, 6) is -0.701. The van der Waals surface area contributed by atoms with Crippen LogP contribution in [0.1, 0.15) is 32.2 Å². The molecule has 0 aliphatic rings. The Bertz CT molecular complexity index is 602. The molecule has 92 valence electrons. The van der Waals surface area contributed by atoms with Gasteiger partial charge in [0.1, 0.15) is 5.69 Å². The molecule has 0 aliphatic carbocycles. The average Bonchev–Trinajstić information content (AvgIpc) is 2.87. The first kappa shape index (κ1) is 12.0. The first-order valence-electron chi connectivity index (χ1n) is 5.37. The number of esters is 1. The van der Waals surface area contributed by atoms with Gasteiger partial charge in [-0.3, -0.25) is 9.78 Å². The van der Waals surface area contributed by atoms with Gasteiger partial charge in [-0.25, -0.2) is 4.79 Å². The number of hydrogen-bond donors (Lipinski definition) is 1. The van der Waals surface area contributed by atoms with E-state index in [2.05, 4.69) is 14.7 Å². The first-order chi connectivity index (χ1) is 8.63. The number of H-pyrrole nitrogens is 1. The Morgan fingerprint density at radius 3 is 2.61 bits per heavy atom. The number of aryl methyl sites for hydroxylation is 1. The molecule has 0 fully saturated rings. The van der Waals surface area contributed by atoms with E-state index in [-0.39, 0.29) is 11.5 Å². The van der Waals surface area contributed by atoms with Crippen LogP contribution in [0.4, 0.5) is 0 Å². The normalized spacial score (nSPS) is 10.1. The number of ether oxygens (including phenoxy) is 1. The lowest BCUT2D eigenvalue weighted by Crippen LogP contribution is -2.07. The van der Waals surface area contributed by atoms with Gasteiger partial charge < -0.3 is 9.72 Å². The molecule has 0 spiro atoms. The highest BCUT2D eigenvalue weighted by Gasteiger charge is 2.16. The van der Waals surface area contributed by atoms with Crippen LogP contribution in [0.3, 0.4) is 0 Å². The van der Waals surface area contributed by atoms with Crippen molar-refractivity contribution in [3.63, 3.8) is 0 Å². The van der Waals surface area contributed by atoms with Gasteiger partial charge in [0.2, 0.25) is 5.78 Å². The summed E-state index contributed by atoms with van der Waals surface area (Å²) in [4.78, 5) is 30.2. The molecular weight excluding hydrogens is 232 g/mol. The summed E-state index contributed by atoms with van der Waals surface area (Å²) < 4.78 is 4.56. The van der Waals surface area contributed by atoms with Gasteiger partial charge >= 0.3 is 5.97 Å². The highest BCUT2D eigenvalue weighted by atomic mass is 16.5. The molecule has 18 heavy (non-hydrogen) atoms. The van der Waals surface area contributed by atoms with Crippen LogP contribution in [-0.2, 0) is 4.74 Å². The van der Waals surface area contributed by atoms with Crippen LogP contribution >= 0.6 is 0 Å². The SMILES string of the molecule is COC(=O)c1ccc(C(=O)c2cccnc2C)[nH]1. The summed E-state index contributed by atoms with van der Waals surface area (Å²) in [6, 6.07) is 6.47. The highest BCUT2D eigenvalue weighted by Crippen LogP contribution is 2.12. The number of aromatic amines is 1. The van der Waals surface area contributed by atoms with Crippen LogP contribution in [0.2, 0.25) is 0 Å². The fourth-order valence-corrected chi connectivity index (χ4v) is 1.63. The summed E-state index contributed by atoms with van der Waals surface area (Å²) in [6.45, 7) is 1.76. The van der Waals surface area contributed by atoms with Gasteiger partial charge in [-0.05, 0) is 31.2 Å². The second-order valence-electron chi connectivity index (χ2n) is 3.74. The number of nitrogens with zero attached hydrogens (tertiary/aromatic N) is 1. The predicted octanol–water partition coefficient (Wildman–Crippen LogP) is 1.74. The predicted molar refractivity (Wildman–Crippen MR) is 64.5 cm³/mol. The third-order valence-electron chi connectivity index (χ3n) is 2.59. The molecule has 0 saturated carbocycles. The van der Waals surface area contributed by atoms with Crippen molar-refractivity contribution in [1.29, 1.82) is 0 Å². The van der Waals surface area contributed by atoms with E-state index in [4.69, 9.17) is 0 Å². The number of aromatic nitrogens is 2. The van der Waals surface area contributed by atoms with E-state index >= 15 is 0 Å². The summed E-state index contributed by atoms with van der Waals surface area (Å²) in [7, 11) is 1.29. The second kappa shape index (κ2) is 4.83. The molecule has 2 aromatic heterocycles. The van der Waals surface area contributed by atoms with Gasteiger partial charge in [0.05, 0.1) is 12.8 Å². The van der Waals surface area contributed by atoms with Crippen molar-refractivity contribution in [2.45, 2.75) is 6.92 Å². The lowest BCUT2D eigenvalue weighted by Gasteiger charge is -2.01. The zero-order chi connectivity index (χ0) is 13.1. The van der Waals surface area contributed by atoms with E-state index in [1.807, 2.05) is 0 Å². The van der Waals surface area contributed by atoms with E-state index in [9.17, 15) is 9.59 Å². The molecule has 0 unspecified atom stereocenters. The largest absolute Gasteiger partial charge is 0.464 e. The number of nitrogens with one attached hydrogen (secondary N) is 1. The molecule has 0 radical (unpaired) electrons. The van der Waals surface area contributed by atoms with Gasteiger partial charge in [-0.15, -0.1) is 0 Å². The highest BCUT2D eigenvalue weighted by molar-refractivity contribution is 6.09. The number of pyridine rings is 1. The topological polar surface area (TPSA) is 72.1 Å². The zero-order valence-electron chi connectivity index (χ0n) is 10.1. The lowest BCUT2D eigenvalue weighted by atomic mass is 10.1. The van der Waals surface area contributed by atoms with Crippen molar-refractivity contribution in [2.24, 2.45) is 0 Å². The van der Waals surface area contributed by atoms with Crippen LogP contribution in [0.25, 0.3) is 0 Å². The van der Waals surface area contributed by atoms with Crippen LogP contribution in [0, 0.1) is 6.92 Å². The van der Waals surface area contributed by atoms with Gasteiger partial charge in [0, 0.05) is 17.5 Å². The quantitative estimate of drug-likeness (QED) is 0.659. The Labute approximate surface area is 104 Å². The third kappa shape index (κ3) is 2.15. The molecule has 2 rings (SSSR count). The average molecular weight is 244 g/mol. The molecule has 0 atom stereocenters. The number of ketones is 1.